The molecule has 1 aliphatic rings. The molecule has 0 saturated heterocycles. The van der Waals surface area contributed by atoms with Gasteiger partial charge in [0.15, 0.2) is 0 Å². The molecule has 2 aromatic carbocycles. The van der Waals surface area contributed by atoms with Crippen molar-refractivity contribution in [3.8, 4) is 0 Å². The third-order valence-electron chi connectivity index (χ3n) is 4.75. The molecule has 29 heavy (non-hydrogen) atoms. The van der Waals surface area contributed by atoms with E-state index < -0.39 is 36.1 Å². The Morgan fingerprint density at radius 1 is 0.793 bits per heavy atom. The van der Waals surface area contributed by atoms with E-state index in [1.165, 1.54) is 42.5 Å². The number of alkyl halides is 6. The summed E-state index contributed by atoms with van der Waals surface area (Å²) in [5, 5.41) is -5.32. The summed E-state index contributed by atoms with van der Waals surface area (Å²) >= 11 is 0. The summed E-state index contributed by atoms with van der Waals surface area (Å²) in [6.45, 7) is 0. The van der Waals surface area contributed by atoms with Gasteiger partial charge in [-0.25, -0.2) is 0 Å². The van der Waals surface area contributed by atoms with E-state index in [0.717, 1.165) is 12.1 Å². The minimum atomic E-state index is -6.27. The quantitative estimate of drug-likeness (QED) is 0.486. The Hall–Kier alpha value is -2.16. The molecule has 11 heteroatoms. The summed E-state index contributed by atoms with van der Waals surface area (Å²) in [5.41, 5.74) is -0.0816. The van der Waals surface area contributed by atoms with Crippen molar-refractivity contribution in [2.24, 2.45) is 4.99 Å². The first kappa shape index (κ1) is 21.5. The van der Waals surface area contributed by atoms with E-state index in [-0.39, 0.29) is 5.56 Å². The van der Waals surface area contributed by atoms with Crippen LogP contribution in [0.5, 0.6) is 0 Å². The van der Waals surface area contributed by atoms with Crippen LogP contribution in [0.1, 0.15) is 5.56 Å². The minimum absolute atomic E-state index is 0.0816. The third-order valence-corrected chi connectivity index (χ3v) is 9.49. The van der Waals surface area contributed by atoms with Gasteiger partial charge >= 0.3 is 161 Å². The van der Waals surface area contributed by atoms with Crippen LogP contribution in [0.3, 0.4) is 0 Å². The fourth-order valence-electron chi connectivity index (χ4n) is 3.45. The first-order chi connectivity index (χ1) is 13.5. The fourth-order valence-corrected chi connectivity index (χ4v) is 7.59. The first-order valence-electron chi connectivity index (χ1n) is 8.17. The van der Waals surface area contributed by atoms with E-state index in [0.29, 0.717) is 14.2 Å². The van der Waals surface area contributed by atoms with Crippen LogP contribution in [0, 0.1) is 0 Å². The summed E-state index contributed by atoms with van der Waals surface area (Å²) < 4.78 is 102. The number of rotatable bonds is 4. The molecule has 158 valence electrons. The summed E-state index contributed by atoms with van der Waals surface area (Å²) in [6.07, 6.45) is -11.9. The van der Waals surface area contributed by atoms with Crippen molar-refractivity contribution in [3.05, 3.63) is 66.2 Å². The summed E-state index contributed by atoms with van der Waals surface area (Å²) in [7, 11) is -4.88. The maximum absolute atomic E-state index is 14.4. The van der Waals surface area contributed by atoms with Crippen LogP contribution >= 0.6 is 7.28 Å². The molecule has 2 aromatic rings. The second kappa shape index (κ2) is 6.68. The first-order valence-corrected chi connectivity index (χ1v) is 10.2. The Bertz CT molecular complexity index is 897. The Balaban J connectivity index is 2.50. The van der Waals surface area contributed by atoms with Gasteiger partial charge in [-0.2, -0.15) is 0 Å². The van der Waals surface area contributed by atoms with Crippen LogP contribution in [-0.4, -0.2) is 37.7 Å². The van der Waals surface area contributed by atoms with Gasteiger partial charge in [0.05, 0.1) is 0 Å². The second-order valence-electron chi connectivity index (χ2n) is 6.13. The van der Waals surface area contributed by atoms with Gasteiger partial charge in [0.2, 0.25) is 0 Å². The van der Waals surface area contributed by atoms with Gasteiger partial charge in [-0.3, -0.25) is 0 Å². The van der Waals surface area contributed by atoms with Gasteiger partial charge in [0, 0.05) is 0 Å². The van der Waals surface area contributed by atoms with Crippen LogP contribution in [0.4, 0.5) is 26.3 Å². The summed E-state index contributed by atoms with van der Waals surface area (Å²) in [5.74, 6) is -0.870. The molecule has 0 bridgehead atoms. The molecule has 1 aliphatic heterocycles. The van der Waals surface area contributed by atoms with E-state index in [1.54, 1.807) is 6.07 Å². The van der Waals surface area contributed by atoms with Crippen LogP contribution in [0.25, 0.3) is 0 Å². The molecule has 0 unspecified atom stereocenters. The zero-order valence-corrected chi connectivity index (χ0v) is 16.1. The number of hydrogen-bond acceptors (Lipinski definition) is 4. The summed E-state index contributed by atoms with van der Waals surface area (Å²) in [4.78, 5) is 3.13. The van der Waals surface area contributed by atoms with Gasteiger partial charge < -0.3 is 0 Å². The molecule has 0 fully saturated rings. The Labute approximate surface area is 162 Å². The predicted octanol–water partition coefficient (Wildman–Crippen LogP) is 5.20. The van der Waals surface area contributed by atoms with E-state index in [9.17, 15) is 26.3 Å². The van der Waals surface area contributed by atoms with Crippen molar-refractivity contribution in [2.45, 2.75) is 17.6 Å². The Morgan fingerprint density at radius 2 is 1.24 bits per heavy atom. The van der Waals surface area contributed by atoms with Crippen LogP contribution in [0.15, 0.2) is 65.7 Å². The van der Waals surface area contributed by atoms with Gasteiger partial charge in [0.1, 0.15) is 0 Å². The topological polar surface area (TPSA) is 40.0 Å². The van der Waals surface area contributed by atoms with Crippen molar-refractivity contribution in [2.75, 3.05) is 14.2 Å². The molecule has 0 atom stereocenters. The Morgan fingerprint density at radius 3 is 1.66 bits per heavy atom. The van der Waals surface area contributed by atoms with Crippen LogP contribution < -0.4 is 5.30 Å². The van der Waals surface area contributed by atoms with Crippen LogP contribution in [0.2, 0.25) is 0 Å². The molecular weight excluding hydrogens is 423 g/mol. The zero-order valence-electron chi connectivity index (χ0n) is 15.2. The summed E-state index contributed by atoms with van der Waals surface area (Å²) in [6, 6.07) is 13.0. The molecular formula is C18H16F6NO3P. The average molecular weight is 439 g/mol. The third kappa shape index (κ3) is 2.62. The standard InChI is InChI=1S/C18H16F6NO3P/c1-26-29(27-2,14-11-7-4-8-12-14)16(17(19,20)21,18(22,23)24)25-15(28-29)13-9-5-3-6-10-13/h3-12H,1-2H3. The number of nitrogens with zero attached hydrogens (tertiary/aromatic N) is 1. The molecule has 0 spiro atoms. The van der Waals surface area contributed by atoms with Crippen molar-refractivity contribution >= 4 is 18.5 Å². The van der Waals surface area contributed by atoms with Gasteiger partial charge in [-0.15, -0.1) is 0 Å². The van der Waals surface area contributed by atoms with Crippen molar-refractivity contribution in [1.82, 2.24) is 0 Å². The predicted molar refractivity (Wildman–Crippen MR) is 95.9 cm³/mol. The molecule has 4 nitrogen and oxygen atoms in total. The second-order valence-corrected chi connectivity index (χ2v) is 9.97. The van der Waals surface area contributed by atoms with Crippen LogP contribution in [-0.2, 0) is 13.6 Å². The normalized spacial score (nSPS) is 21.5. The van der Waals surface area contributed by atoms with Crippen molar-refractivity contribution in [3.63, 3.8) is 0 Å². The monoisotopic (exact) mass is 439 g/mol. The molecule has 0 aromatic heterocycles. The number of aliphatic imine (C=N–C) groups is 1. The molecule has 0 saturated carbocycles. The SMILES string of the molecule is COP1(OC)(c2ccccc2)OC(c2ccccc2)=NC1(C(F)(F)F)C(F)(F)F. The Kier molecular flexibility index (Phi) is 4.97. The average Bonchev–Trinajstić information content (AvgIpc) is 3.04. The number of benzene rings is 2. The van der Waals surface area contributed by atoms with Crippen molar-refractivity contribution in [1.29, 1.82) is 0 Å². The van der Waals surface area contributed by atoms with E-state index in [1.807, 2.05) is 0 Å². The fraction of sp³-hybridized carbons (Fsp3) is 0.278. The molecule has 0 radical (unpaired) electrons. The zero-order chi connectivity index (χ0) is 21.6. The molecule has 0 amide bonds. The molecule has 0 N–H and O–H groups in total. The van der Waals surface area contributed by atoms with Gasteiger partial charge in [-0.1, -0.05) is 0 Å². The van der Waals surface area contributed by atoms with Gasteiger partial charge in [0.25, 0.3) is 0 Å². The number of hydrogen-bond donors (Lipinski definition) is 0. The number of halogens is 6. The van der Waals surface area contributed by atoms with Crippen molar-refractivity contribution < 1.29 is 39.9 Å². The van der Waals surface area contributed by atoms with E-state index in [2.05, 4.69) is 4.99 Å². The van der Waals surface area contributed by atoms with Gasteiger partial charge in [-0.05, 0) is 0 Å². The molecule has 3 rings (SSSR count). The molecule has 1 heterocycles. The van der Waals surface area contributed by atoms with E-state index >= 15 is 0 Å². The molecule has 0 aliphatic carbocycles. The van der Waals surface area contributed by atoms with E-state index in [4.69, 9.17) is 13.6 Å². The maximum atomic E-state index is 14.4.